The minimum absolute atomic E-state index is 0. The van der Waals surface area contributed by atoms with E-state index in [4.69, 9.17) is 4.74 Å². The number of aryl methyl sites for hydroxylation is 1. The summed E-state index contributed by atoms with van der Waals surface area (Å²) in [7, 11) is 1.72. The lowest BCUT2D eigenvalue weighted by molar-refractivity contribution is 0.188. The highest BCUT2D eigenvalue weighted by molar-refractivity contribution is 7.59. The van der Waals surface area contributed by atoms with Gasteiger partial charge < -0.3 is 19.5 Å². The van der Waals surface area contributed by atoms with E-state index in [-0.39, 0.29) is 37.7 Å². The van der Waals surface area contributed by atoms with E-state index in [9.17, 15) is 9.59 Å². The number of carbonyl (C=O) groups excluding carboxylic acids is 1. The van der Waals surface area contributed by atoms with E-state index < -0.39 is 0 Å². The van der Waals surface area contributed by atoms with Gasteiger partial charge in [-0.25, -0.2) is 9.78 Å². The van der Waals surface area contributed by atoms with Crippen molar-refractivity contribution in [2.75, 3.05) is 11.9 Å². The van der Waals surface area contributed by atoms with Crippen molar-refractivity contribution >= 4 is 36.2 Å². The monoisotopic (exact) mass is 490 g/mol. The number of urea groups is 1. The highest BCUT2D eigenvalue weighted by Gasteiger charge is 2.25. The first-order valence-corrected chi connectivity index (χ1v) is 11.3. The second-order valence-corrected chi connectivity index (χ2v) is 7.99. The lowest BCUT2D eigenvalue weighted by atomic mass is 10.1. The minimum atomic E-state index is -0.347. The Morgan fingerprint density at radius 1 is 1.03 bits per heavy atom. The number of nitrogens with zero attached hydrogens (tertiary/aromatic N) is 3. The van der Waals surface area contributed by atoms with Crippen LogP contribution in [0.4, 0.5) is 10.5 Å². The molecule has 2 amide bonds. The second kappa shape index (κ2) is 11.6. The van der Waals surface area contributed by atoms with Gasteiger partial charge >= 0.3 is 6.03 Å². The Bertz CT molecular complexity index is 1360. The molecule has 0 bridgehead atoms. The molecule has 3 aromatic carbocycles. The summed E-state index contributed by atoms with van der Waals surface area (Å²) < 4.78 is 7.24. The number of fused-ring (bicyclic) bond motifs is 1. The van der Waals surface area contributed by atoms with Crippen LogP contribution >= 0.6 is 13.5 Å². The van der Waals surface area contributed by atoms with Crippen LogP contribution in [-0.4, -0.2) is 27.1 Å². The van der Waals surface area contributed by atoms with Gasteiger partial charge in [-0.3, -0.25) is 4.79 Å². The van der Waals surface area contributed by atoms with Crippen molar-refractivity contribution in [3.05, 3.63) is 100 Å². The maximum absolute atomic E-state index is 13.6. The van der Waals surface area contributed by atoms with Gasteiger partial charge in [-0.2, -0.15) is 13.5 Å². The highest BCUT2D eigenvalue weighted by atomic mass is 32.1. The Labute approximate surface area is 211 Å². The molecule has 0 saturated heterocycles. The molecule has 35 heavy (non-hydrogen) atoms. The van der Waals surface area contributed by atoms with Gasteiger partial charge in [0.2, 0.25) is 0 Å². The largest absolute Gasteiger partial charge is 0.492 e. The molecule has 0 spiro atoms. The quantitative estimate of drug-likeness (QED) is 0.384. The number of hydrogen-bond donors (Lipinski definition) is 1. The molecular weight excluding hydrogens is 460 g/mol. The van der Waals surface area contributed by atoms with Gasteiger partial charge in [0.15, 0.2) is 0 Å². The van der Waals surface area contributed by atoms with E-state index in [0.717, 1.165) is 11.1 Å². The zero-order valence-electron chi connectivity index (χ0n) is 20.1. The van der Waals surface area contributed by atoms with Crippen LogP contribution in [-0.2, 0) is 13.6 Å². The topological polar surface area (TPSA) is 76.5 Å². The highest BCUT2D eigenvalue weighted by Crippen LogP contribution is 2.27. The number of para-hydroxylation sites is 4. The Hall–Kier alpha value is -3.78. The predicted octanol–water partition coefficient (Wildman–Crippen LogP) is 5.24. The molecule has 1 heterocycles. The number of carbonyl (C=O) groups is 1. The van der Waals surface area contributed by atoms with Crippen LogP contribution in [0, 0.1) is 0 Å². The molecule has 0 aliphatic carbocycles. The fraction of sp³-hybridized carbons (Fsp3) is 0.222. The zero-order chi connectivity index (χ0) is 24.1. The summed E-state index contributed by atoms with van der Waals surface area (Å²) in [5, 5.41) is 2.96. The molecule has 0 saturated carbocycles. The molecule has 4 aromatic rings. The summed E-state index contributed by atoms with van der Waals surface area (Å²) in [4.78, 5) is 32.9. The summed E-state index contributed by atoms with van der Waals surface area (Å²) in [5.74, 6) is 0.588. The number of amides is 2. The summed E-state index contributed by atoms with van der Waals surface area (Å²) >= 11 is 0. The molecule has 0 fully saturated rings. The number of nitrogens with one attached hydrogen (secondary N) is 1. The third-order valence-corrected chi connectivity index (χ3v) is 5.81. The molecular formula is C27H30N4O3S. The summed E-state index contributed by atoms with van der Waals surface area (Å²) in [6, 6.07) is 23.8. The molecule has 7 nitrogen and oxygen atoms in total. The van der Waals surface area contributed by atoms with Crippen molar-refractivity contribution in [3.63, 3.8) is 0 Å². The van der Waals surface area contributed by atoms with Crippen LogP contribution in [0.1, 0.15) is 31.1 Å². The minimum Gasteiger partial charge on any atom is -0.492 e. The number of ether oxygens (including phenoxy) is 1. The van der Waals surface area contributed by atoms with Crippen LogP contribution in [0.3, 0.4) is 0 Å². The number of rotatable bonds is 7. The number of aromatic nitrogens is 2. The number of hydrogen-bond acceptors (Lipinski definition) is 4. The van der Waals surface area contributed by atoms with Crippen molar-refractivity contribution in [1.82, 2.24) is 14.5 Å². The first-order valence-electron chi connectivity index (χ1n) is 11.3. The second-order valence-electron chi connectivity index (χ2n) is 7.99. The smallest absolute Gasteiger partial charge is 0.322 e. The Morgan fingerprint density at radius 3 is 2.43 bits per heavy atom. The maximum Gasteiger partial charge on any atom is 0.322 e. The van der Waals surface area contributed by atoms with Crippen molar-refractivity contribution in [2.24, 2.45) is 7.05 Å². The summed E-state index contributed by atoms with van der Waals surface area (Å²) in [6.07, 6.45) is 0. The molecule has 0 radical (unpaired) electrons. The molecule has 0 aliphatic heterocycles. The first kappa shape index (κ1) is 25.8. The molecule has 0 unspecified atom stereocenters. The van der Waals surface area contributed by atoms with Crippen molar-refractivity contribution in [1.29, 1.82) is 0 Å². The van der Waals surface area contributed by atoms with E-state index in [1.54, 1.807) is 22.6 Å². The van der Waals surface area contributed by atoms with Crippen LogP contribution in [0.2, 0.25) is 0 Å². The fourth-order valence-electron chi connectivity index (χ4n) is 3.94. The summed E-state index contributed by atoms with van der Waals surface area (Å²) in [5.41, 5.74) is 3.04. The molecule has 1 atom stereocenters. The Morgan fingerprint density at radius 2 is 1.69 bits per heavy atom. The third-order valence-electron chi connectivity index (χ3n) is 5.81. The van der Waals surface area contributed by atoms with Gasteiger partial charge in [0, 0.05) is 7.05 Å². The zero-order valence-corrected chi connectivity index (χ0v) is 21.1. The van der Waals surface area contributed by atoms with E-state index in [0.29, 0.717) is 29.3 Å². The van der Waals surface area contributed by atoms with Crippen LogP contribution in [0.15, 0.2) is 83.7 Å². The van der Waals surface area contributed by atoms with E-state index in [2.05, 4.69) is 10.3 Å². The van der Waals surface area contributed by atoms with Crippen LogP contribution < -0.4 is 15.6 Å². The summed E-state index contributed by atoms with van der Waals surface area (Å²) in [6.45, 7) is 4.36. The van der Waals surface area contributed by atoms with Gasteiger partial charge in [-0.15, -0.1) is 0 Å². The van der Waals surface area contributed by atoms with E-state index in [1.807, 2.05) is 86.6 Å². The fourth-order valence-corrected chi connectivity index (χ4v) is 3.94. The van der Waals surface area contributed by atoms with Crippen molar-refractivity contribution in [3.8, 4) is 5.75 Å². The van der Waals surface area contributed by atoms with Crippen molar-refractivity contribution in [2.45, 2.75) is 26.4 Å². The third kappa shape index (κ3) is 5.66. The predicted molar refractivity (Wildman–Crippen MR) is 144 cm³/mol. The molecule has 1 N–H and O–H groups in total. The van der Waals surface area contributed by atoms with E-state index >= 15 is 0 Å². The lowest BCUT2D eigenvalue weighted by Gasteiger charge is -2.30. The average molecular weight is 491 g/mol. The molecule has 182 valence electrons. The lowest BCUT2D eigenvalue weighted by Crippen LogP contribution is -2.39. The van der Waals surface area contributed by atoms with Gasteiger partial charge in [-0.1, -0.05) is 54.6 Å². The van der Waals surface area contributed by atoms with Crippen molar-refractivity contribution < 1.29 is 9.53 Å². The van der Waals surface area contributed by atoms with E-state index in [1.165, 1.54) is 0 Å². The molecule has 0 aliphatic rings. The Balaban J connectivity index is 0.00000342. The molecule has 1 aromatic heterocycles. The molecule has 4 rings (SSSR count). The standard InChI is InChI=1S/C27H28N4O3.H2S/c1-4-34-25-17-11-9-15-22(25)29-27(33)31(19(2)20-12-6-5-7-13-20)18-23-26(32)30(3)24-16-10-8-14-21(24)28-23;/h5-17,19H,4,18H2,1-3H3,(H,29,33);1H2/t19-;/m0./s1. The normalized spacial score (nSPS) is 11.4. The first-order chi connectivity index (χ1) is 16.5. The van der Waals surface area contributed by atoms with Crippen LogP contribution in [0.5, 0.6) is 5.75 Å². The number of anilines is 1. The number of benzene rings is 3. The molecule has 8 heteroatoms. The average Bonchev–Trinajstić information content (AvgIpc) is 2.86. The van der Waals surface area contributed by atoms with Gasteiger partial charge in [0.1, 0.15) is 11.4 Å². The van der Waals surface area contributed by atoms with Crippen LogP contribution in [0.25, 0.3) is 11.0 Å². The van der Waals surface area contributed by atoms with Gasteiger partial charge in [0.25, 0.3) is 5.56 Å². The Kier molecular flexibility index (Phi) is 8.54. The van der Waals surface area contributed by atoms with Gasteiger partial charge in [0.05, 0.1) is 35.9 Å². The SMILES string of the molecule is CCOc1ccccc1NC(=O)N(Cc1nc2ccccc2n(C)c1=O)[C@@H](C)c1ccccc1.S. The van der Waals surface area contributed by atoms with Gasteiger partial charge in [-0.05, 0) is 43.7 Å². The maximum atomic E-state index is 13.6.